The molecule has 2 aromatic rings. The topological polar surface area (TPSA) is 12.9 Å². The summed E-state index contributed by atoms with van der Waals surface area (Å²) in [5.41, 5.74) is 1.30. The average Bonchev–Trinajstić information content (AvgIpc) is 2.18. The van der Waals surface area contributed by atoms with Gasteiger partial charge in [0.15, 0.2) is 0 Å². The van der Waals surface area contributed by atoms with E-state index in [9.17, 15) is 4.39 Å². The quantitative estimate of drug-likeness (QED) is 0.652. The van der Waals surface area contributed by atoms with Gasteiger partial charge in [-0.1, -0.05) is 35.9 Å². The van der Waals surface area contributed by atoms with E-state index < -0.39 is 5.95 Å². The molecule has 0 spiro atoms. The van der Waals surface area contributed by atoms with Crippen molar-refractivity contribution in [1.82, 2.24) is 4.98 Å². The zero-order chi connectivity index (χ0) is 9.97. The van der Waals surface area contributed by atoms with Gasteiger partial charge in [0.05, 0.1) is 5.69 Å². The lowest BCUT2D eigenvalue weighted by Gasteiger charge is -2.02. The van der Waals surface area contributed by atoms with Crippen LogP contribution < -0.4 is 0 Å². The molecule has 0 fully saturated rings. The minimum atomic E-state index is -0.498. The Kier molecular flexibility index (Phi) is 2.46. The van der Waals surface area contributed by atoms with E-state index in [0.29, 0.717) is 10.7 Å². The number of rotatable bonds is 1. The lowest BCUT2D eigenvalue weighted by atomic mass is 10.1. The lowest BCUT2D eigenvalue weighted by molar-refractivity contribution is 0.585. The van der Waals surface area contributed by atoms with Crippen LogP contribution in [0, 0.1) is 5.95 Å². The third-order valence-electron chi connectivity index (χ3n) is 1.86. The van der Waals surface area contributed by atoms with Gasteiger partial charge in [-0.3, -0.25) is 0 Å². The van der Waals surface area contributed by atoms with Crippen LogP contribution in [0.15, 0.2) is 42.5 Å². The van der Waals surface area contributed by atoms with Crippen molar-refractivity contribution in [2.24, 2.45) is 0 Å². The smallest absolute Gasteiger partial charge is 0.213 e. The minimum Gasteiger partial charge on any atom is -0.220 e. The Balaban J connectivity index is 2.55. The maximum atomic E-state index is 12.8. The highest BCUT2D eigenvalue weighted by molar-refractivity contribution is 6.33. The first-order valence-electron chi connectivity index (χ1n) is 4.15. The molecule has 0 aliphatic carbocycles. The van der Waals surface area contributed by atoms with Crippen LogP contribution in [0.5, 0.6) is 0 Å². The number of pyridine rings is 1. The van der Waals surface area contributed by atoms with E-state index in [0.717, 1.165) is 5.56 Å². The van der Waals surface area contributed by atoms with E-state index in [1.165, 1.54) is 6.07 Å². The van der Waals surface area contributed by atoms with Crippen molar-refractivity contribution in [1.29, 1.82) is 0 Å². The van der Waals surface area contributed by atoms with Gasteiger partial charge in [-0.15, -0.1) is 0 Å². The monoisotopic (exact) mass is 207 g/mol. The van der Waals surface area contributed by atoms with Gasteiger partial charge in [-0.05, 0) is 18.2 Å². The Morgan fingerprint density at radius 1 is 1.00 bits per heavy atom. The van der Waals surface area contributed by atoms with Crippen molar-refractivity contribution >= 4 is 11.6 Å². The largest absolute Gasteiger partial charge is 0.220 e. The minimum absolute atomic E-state index is 0.498. The summed E-state index contributed by atoms with van der Waals surface area (Å²) in [5.74, 6) is -0.498. The van der Waals surface area contributed by atoms with Gasteiger partial charge in [0.2, 0.25) is 5.95 Å². The molecular weight excluding hydrogens is 201 g/mol. The van der Waals surface area contributed by atoms with Crippen LogP contribution >= 0.6 is 11.6 Å². The van der Waals surface area contributed by atoms with Crippen molar-refractivity contribution in [3.05, 3.63) is 53.4 Å². The molecule has 0 N–H and O–H groups in total. The zero-order valence-corrected chi connectivity index (χ0v) is 8.00. The summed E-state index contributed by atoms with van der Waals surface area (Å²) in [7, 11) is 0. The van der Waals surface area contributed by atoms with Gasteiger partial charge < -0.3 is 0 Å². The highest BCUT2D eigenvalue weighted by Gasteiger charge is 2.03. The SMILES string of the molecule is Fc1cccc(-c2ccccc2Cl)n1. The second-order valence-electron chi connectivity index (χ2n) is 2.83. The predicted molar refractivity (Wildman–Crippen MR) is 54.6 cm³/mol. The molecule has 0 unspecified atom stereocenters. The molecule has 1 aromatic carbocycles. The fourth-order valence-electron chi connectivity index (χ4n) is 1.23. The molecule has 0 saturated carbocycles. The molecule has 1 nitrogen and oxygen atoms in total. The Morgan fingerprint density at radius 2 is 1.79 bits per heavy atom. The standard InChI is InChI=1S/C11H7ClFN/c12-9-5-2-1-4-8(9)10-6-3-7-11(13)14-10/h1-7H. The Labute approximate surface area is 86.2 Å². The molecule has 0 atom stereocenters. The maximum absolute atomic E-state index is 12.8. The van der Waals surface area contributed by atoms with E-state index in [1.54, 1.807) is 18.2 Å². The van der Waals surface area contributed by atoms with E-state index in [4.69, 9.17) is 11.6 Å². The first-order valence-corrected chi connectivity index (χ1v) is 4.52. The molecule has 0 aliphatic heterocycles. The van der Waals surface area contributed by atoms with Crippen molar-refractivity contribution in [2.45, 2.75) is 0 Å². The molecule has 14 heavy (non-hydrogen) atoms. The molecule has 0 bridgehead atoms. The summed E-state index contributed by atoms with van der Waals surface area (Å²) in [4.78, 5) is 3.75. The number of hydrogen-bond donors (Lipinski definition) is 0. The Morgan fingerprint density at radius 3 is 2.50 bits per heavy atom. The van der Waals surface area contributed by atoms with Crippen molar-refractivity contribution in [3.8, 4) is 11.3 Å². The molecule has 1 aromatic heterocycles. The van der Waals surface area contributed by atoms with Crippen LogP contribution in [0.25, 0.3) is 11.3 Å². The molecule has 0 aliphatic rings. The highest BCUT2D eigenvalue weighted by atomic mass is 35.5. The van der Waals surface area contributed by atoms with Crippen molar-refractivity contribution in [2.75, 3.05) is 0 Å². The first kappa shape index (κ1) is 9.16. The summed E-state index contributed by atoms with van der Waals surface area (Å²) in [6, 6.07) is 11.9. The van der Waals surface area contributed by atoms with Crippen LogP contribution in [0.2, 0.25) is 5.02 Å². The molecule has 1 heterocycles. The van der Waals surface area contributed by atoms with Crippen LogP contribution in [-0.2, 0) is 0 Å². The van der Waals surface area contributed by atoms with E-state index in [2.05, 4.69) is 4.98 Å². The third-order valence-corrected chi connectivity index (χ3v) is 2.19. The lowest BCUT2D eigenvalue weighted by Crippen LogP contribution is -1.87. The van der Waals surface area contributed by atoms with Gasteiger partial charge in [0.25, 0.3) is 0 Å². The number of nitrogens with zero attached hydrogens (tertiary/aromatic N) is 1. The zero-order valence-electron chi connectivity index (χ0n) is 7.24. The number of halogens is 2. The number of aromatic nitrogens is 1. The van der Waals surface area contributed by atoms with Crippen LogP contribution in [0.1, 0.15) is 0 Å². The molecule has 0 radical (unpaired) electrons. The van der Waals surface area contributed by atoms with Gasteiger partial charge >= 0.3 is 0 Å². The van der Waals surface area contributed by atoms with Crippen LogP contribution in [0.4, 0.5) is 4.39 Å². The fraction of sp³-hybridized carbons (Fsp3) is 0. The van der Waals surface area contributed by atoms with Gasteiger partial charge in [-0.2, -0.15) is 4.39 Å². The van der Waals surface area contributed by atoms with Crippen molar-refractivity contribution < 1.29 is 4.39 Å². The van der Waals surface area contributed by atoms with Gasteiger partial charge in [-0.25, -0.2) is 4.98 Å². The Bertz CT molecular complexity index is 457. The van der Waals surface area contributed by atoms with Crippen LogP contribution in [-0.4, -0.2) is 4.98 Å². The third kappa shape index (κ3) is 1.75. The molecule has 2 rings (SSSR count). The van der Waals surface area contributed by atoms with E-state index >= 15 is 0 Å². The summed E-state index contributed by atoms with van der Waals surface area (Å²) in [5, 5.41) is 0.575. The second kappa shape index (κ2) is 3.76. The second-order valence-corrected chi connectivity index (χ2v) is 3.23. The summed E-state index contributed by atoms with van der Waals surface area (Å²) < 4.78 is 12.8. The Hall–Kier alpha value is -1.41. The molecule has 3 heteroatoms. The molecule has 0 amide bonds. The number of hydrogen-bond acceptors (Lipinski definition) is 1. The fourth-order valence-corrected chi connectivity index (χ4v) is 1.46. The summed E-state index contributed by atoms with van der Waals surface area (Å²) in [6.45, 7) is 0. The average molecular weight is 208 g/mol. The van der Waals surface area contributed by atoms with E-state index in [1.807, 2.05) is 18.2 Å². The normalized spacial score (nSPS) is 10.1. The maximum Gasteiger partial charge on any atom is 0.213 e. The van der Waals surface area contributed by atoms with Gasteiger partial charge in [0.1, 0.15) is 0 Å². The van der Waals surface area contributed by atoms with E-state index in [-0.39, 0.29) is 0 Å². The first-order chi connectivity index (χ1) is 6.77. The summed E-state index contributed by atoms with van der Waals surface area (Å²) >= 11 is 5.95. The predicted octanol–water partition coefficient (Wildman–Crippen LogP) is 3.54. The van der Waals surface area contributed by atoms with Crippen LogP contribution in [0.3, 0.4) is 0 Å². The molecule has 70 valence electrons. The molecular formula is C11H7ClFN. The van der Waals surface area contributed by atoms with Gasteiger partial charge in [0, 0.05) is 10.6 Å². The highest BCUT2D eigenvalue weighted by Crippen LogP contribution is 2.25. The number of benzene rings is 1. The van der Waals surface area contributed by atoms with Crippen molar-refractivity contribution in [3.63, 3.8) is 0 Å². The molecule has 0 saturated heterocycles. The summed E-state index contributed by atoms with van der Waals surface area (Å²) in [6.07, 6.45) is 0.